The molecule has 2 aromatic heterocycles. The minimum Gasteiger partial charge on any atom is -0.245 e. The van der Waals surface area contributed by atoms with E-state index >= 15 is 0 Å². The lowest BCUT2D eigenvalue weighted by atomic mass is 10.3. The number of nitrogens with zero attached hydrogens (tertiary/aromatic N) is 3. The number of halogens is 3. The Hall–Kier alpha value is -1.15. The summed E-state index contributed by atoms with van der Waals surface area (Å²) in [6.45, 7) is 2.08. The zero-order chi connectivity index (χ0) is 14.6. The van der Waals surface area contributed by atoms with Gasteiger partial charge in [-0.2, -0.15) is 13.2 Å². The lowest BCUT2D eigenvalue weighted by Gasteiger charge is -2.05. The number of rotatable bonds is 5. The van der Waals surface area contributed by atoms with Gasteiger partial charge >= 0.3 is 6.18 Å². The second-order valence-electron chi connectivity index (χ2n) is 3.99. The highest BCUT2D eigenvalue weighted by Gasteiger charge is 2.32. The van der Waals surface area contributed by atoms with Gasteiger partial charge in [0.15, 0.2) is 5.16 Å². The second kappa shape index (κ2) is 6.53. The fourth-order valence-electron chi connectivity index (χ4n) is 1.45. The first kappa shape index (κ1) is 15.2. The molecular formula is C12H12F3N3S2. The molecule has 0 radical (unpaired) electrons. The van der Waals surface area contributed by atoms with E-state index in [4.69, 9.17) is 0 Å². The normalized spacial score (nSPS) is 11.8. The fourth-order valence-corrected chi connectivity index (χ4v) is 3.18. The highest BCUT2D eigenvalue weighted by atomic mass is 32.2. The van der Waals surface area contributed by atoms with Crippen LogP contribution in [0.1, 0.15) is 29.7 Å². The van der Waals surface area contributed by atoms with Gasteiger partial charge in [0.2, 0.25) is 0 Å². The van der Waals surface area contributed by atoms with Crippen LogP contribution >= 0.6 is 23.1 Å². The topological polar surface area (TPSA) is 38.7 Å². The second-order valence-corrected chi connectivity index (χ2v) is 5.88. The van der Waals surface area contributed by atoms with Crippen LogP contribution in [-0.2, 0) is 18.3 Å². The first-order valence-corrected chi connectivity index (χ1v) is 7.82. The Morgan fingerprint density at radius 3 is 2.80 bits per heavy atom. The van der Waals surface area contributed by atoms with E-state index in [2.05, 4.69) is 21.9 Å². The summed E-state index contributed by atoms with van der Waals surface area (Å²) < 4.78 is 37.5. The summed E-state index contributed by atoms with van der Waals surface area (Å²) in [5, 5.41) is 3.09. The Labute approximate surface area is 122 Å². The lowest BCUT2D eigenvalue weighted by Crippen LogP contribution is -2.08. The molecule has 8 heteroatoms. The molecule has 0 saturated carbocycles. The number of thioether (sulfide) groups is 1. The predicted molar refractivity (Wildman–Crippen MR) is 72.7 cm³/mol. The summed E-state index contributed by atoms with van der Waals surface area (Å²) in [6, 6.07) is 0.867. The lowest BCUT2D eigenvalue weighted by molar-refractivity contribution is -0.141. The van der Waals surface area contributed by atoms with Crippen LogP contribution in [0.25, 0.3) is 0 Å². The van der Waals surface area contributed by atoms with Gasteiger partial charge in [-0.15, -0.1) is 11.3 Å². The van der Waals surface area contributed by atoms with Crippen molar-refractivity contribution in [1.82, 2.24) is 15.0 Å². The highest BCUT2D eigenvalue weighted by molar-refractivity contribution is 7.98. The third-order valence-corrected chi connectivity index (χ3v) is 4.19. The van der Waals surface area contributed by atoms with Crippen molar-refractivity contribution in [1.29, 1.82) is 0 Å². The van der Waals surface area contributed by atoms with Crippen LogP contribution in [0.2, 0.25) is 0 Å². The molecule has 0 amide bonds. The van der Waals surface area contributed by atoms with Crippen molar-refractivity contribution in [3.63, 3.8) is 0 Å². The largest absolute Gasteiger partial charge is 0.433 e. The first-order chi connectivity index (χ1) is 9.49. The number of thiazole rings is 1. The van der Waals surface area contributed by atoms with Crippen LogP contribution in [0.3, 0.4) is 0 Å². The van der Waals surface area contributed by atoms with Gasteiger partial charge in [-0.1, -0.05) is 18.7 Å². The monoisotopic (exact) mass is 319 g/mol. The molecular weight excluding hydrogens is 307 g/mol. The molecule has 0 bridgehead atoms. The van der Waals surface area contributed by atoms with E-state index in [0.29, 0.717) is 5.75 Å². The minimum atomic E-state index is -4.44. The summed E-state index contributed by atoms with van der Waals surface area (Å²) in [4.78, 5) is 11.7. The summed E-state index contributed by atoms with van der Waals surface area (Å²) in [5.41, 5.74) is -0.0654. The van der Waals surface area contributed by atoms with Crippen LogP contribution in [-0.4, -0.2) is 15.0 Å². The molecule has 0 saturated heterocycles. The number of alkyl halides is 3. The summed E-state index contributed by atoms with van der Waals surface area (Å²) >= 11 is 2.73. The smallest absolute Gasteiger partial charge is 0.245 e. The van der Waals surface area contributed by atoms with Gasteiger partial charge in [0.1, 0.15) is 5.69 Å². The summed E-state index contributed by atoms with van der Waals surface area (Å²) in [7, 11) is 0. The van der Waals surface area contributed by atoms with Crippen molar-refractivity contribution < 1.29 is 13.2 Å². The number of aromatic nitrogens is 3. The summed E-state index contributed by atoms with van der Waals surface area (Å²) in [5.74, 6) is 0.474. The Kier molecular flexibility index (Phi) is 4.98. The quantitative estimate of drug-likeness (QED) is 0.612. The van der Waals surface area contributed by atoms with Crippen molar-refractivity contribution >= 4 is 23.1 Å². The molecule has 0 unspecified atom stereocenters. The molecule has 108 valence electrons. The maximum atomic E-state index is 12.5. The average Bonchev–Trinajstić information content (AvgIpc) is 2.84. The fraction of sp³-hybridized carbons (Fsp3) is 0.417. The molecule has 0 aromatic carbocycles. The molecule has 2 rings (SSSR count). The van der Waals surface area contributed by atoms with E-state index in [1.165, 1.54) is 0 Å². The molecule has 2 aromatic rings. The zero-order valence-corrected chi connectivity index (χ0v) is 12.3. The molecule has 0 atom stereocenters. The SMILES string of the molecule is CCCc1nc(CSc2nccc(C(F)(F)F)n2)cs1. The van der Waals surface area contributed by atoms with Crippen molar-refractivity contribution in [2.45, 2.75) is 36.9 Å². The maximum absolute atomic E-state index is 12.5. The van der Waals surface area contributed by atoms with Crippen LogP contribution in [0.5, 0.6) is 0 Å². The Balaban J connectivity index is 1.99. The van der Waals surface area contributed by atoms with Gasteiger partial charge in [-0.3, -0.25) is 0 Å². The number of aryl methyl sites for hydroxylation is 1. The van der Waals surface area contributed by atoms with Gasteiger partial charge in [-0.25, -0.2) is 15.0 Å². The standard InChI is InChI=1S/C12H12F3N3S2/c1-2-3-10-17-8(6-19-10)7-20-11-16-5-4-9(18-11)12(13,14)15/h4-6H,2-3,7H2,1H3. The van der Waals surface area contributed by atoms with E-state index in [1.54, 1.807) is 11.3 Å². The van der Waals surface area contributed by atoms with Gasteiger partial charge in [0, 0.05) is 17.3 Å². The van der Waals surface area contributed by atoms with Crippen molar-refractivity contribution in [2.24, 2.45) is 0 Å². The molecule has 0 N–H and O–H groups in total. The molecule has 0 aliphatic carbocycles. The van der Waals surface area contributed by atoms with Crippen molar-refractivity contribution in [2.75, 3.05) is 0 Å². The van der Waals surface area contributed by atoms with E-state index in [0.717, 1.165) is 47.6 Å². The van der Waals surface area contributed by atoms with E-state index < -0.39 is 11.9 Å². The van der Waals surface area contributed by atoms with Crippen LogP contribution in [0, 0.1) is 0 Å². The number of hydrogen-bond donors (Lipinski definition) is 0. The predicted octanol–water partition coefficient (Wildman–Crippen LogP) is 4.20. The minimum absolute atomic E-state index is 0.116. The van der Waals surface area contributed by atoms with Crippen LogP contribution in [0.4, 0.5) is 13.2 Å². The third-order valence-electron chi connectivity index (χ3n) is 2.34. The van der Waals surface area contributed by atoms with Crippen LogP contribution < -0.4 is 0 Å². The van der Waals surface area contributed by atoms with Gasteiger partial charge in [0.25, 0.3) is 0 Å². The van der Waals surface area contributed by atoms with E-state index in [1.807, 2.05) is 5.38 Å². The summed E-state index contributed by atoms with van der Waals surface area (Å²) in [6.07, 6.45) is -1.36. The molecule has 0 aliphatic heterocycles. The van der Waals surface area contributed by atoms with Crippen molar-refractivity contribution in [3.05, 3.63) is 34.0 Å². The zero-order valence-electron chi connectivity index (χ0n) is 10.6. The molecule has 3 nitrogen and oxygen atoms in total. The Morgan fingerprint density at radius 1 is 1.30 bits per heavy atom. The van der Waals surface area contributed by atoms with Gasteiger partial charge in [-0.05, 0) is 18.9 Å². The van der Waals surface area contributed by atoms with E-state index in [9.17, 15) is 13.2 Å². The molecule has 0 fully saturated rings. The molecule has 20 heavy (non-hydrogen) atoms. The highest BCUT2D eigenvalue weighted by Crippen LogP contribution is 2.29. The van der Waals surface area contributed by atoms with E-state index in [-0.39, 0.29) is 5.16 Å². The van der Waals surface area contributed by atoms with Crippen LogP contribution in [0.15, 0.2) is 22.8 Å². The van der Waals surface area contributed by atoms with Crippen molar-refractivity contribution in [3.8, 4) is 0 Å². The van der Waals surface area contributed by atoms with Gasteiger partial charge in [0.05, 0.1) is 10.7 Å². The maximum Gasteiger partial charge on any atom is 0.433 e. The number of hydrogen-bond acceptors (Lipinski definition) is 5. The Morgan fingerprint density at radius 2 is 2.10 bits per heavy atom. The molecule has 2 heterocycles. The average molecular weight is 319 g/mol. The molecule has 0 spiro atoms. The third kappa shape index (κ3) is 4.17. The first-order valence-electron chi connectivity index (χ1n) is 5.95. The Bertz CT molecular complexity index is 569. The molecule has 0 aliphatic rings. The van der Waals surface area contributed by atoms with Gasteiger partial charge < -0.3 is 0 Å².